The Morgan fingerprint density at radius 2 is 2.03 bits per heavy atom. The number of pyridine rings is 1. The predicted octanol–water partition coefficient (Wildman–Crippen LogP) is 3.54. The first-order valence-electron chi connectivity index (χ1n) is 8.40. The van der Waals surface area contributed by atoms with E-state index in [-0.39, 0.29) is 22.6 Å². The number of aromatic nitrogens is 2. The van der Waals surface area contributed by atoms with E-state index in [0.29, 0.717) is 37.4 Å². The molecular weight excluding hydrogens is 438 g/mol. The van der Waals surface area contributed by atoms with Crippen molar-refractivity contribution in [1.82, 2.24) is 9.97 Å². The number of hydrogen-bond donors (Lipinski definition) is 4. The number of anilines is 1. The van der Waals surface area contributed by atoms with Crippen LogP contribution in [0.4, 0.5) is 5.69 Å². The Bertz CT molecular complexity index is 1420. The van der Waals surface area contributed by atoms with Gasteiger partial charge < -0.3 is 15.1 Å². The third kappa shape index (κ3) is 3.74. The number of carboxylic acid groups (broad SMARTS) is 1. The Labute approximate surface area is 173 Å². The number of rotatable bonds is 6. The molecule has 1 aromatic carbocycles. The Morgan fingerprint density at radius 1 is 1.24 bits per heavy atom. The normalized spacial score (nSPS) is 11.9. The van der Waals surface area contributed by atoms with Gasteiger partial charge in [0, 0.05) is 34.6 Å². The highest BCUT2D eigenvalue weighted by Gasteiger charge is 2.18. The van der Waals surface area contributed by atoms with Crippen molar-refractivity contribution in [3.05, 3.63) is 56.8 Å². The number of thiophene rings is 1. The van der Waals surface area contributed by atoms with E-state index in [1.54, 1.807) is 24.4 Å². The molecule has 29 heavy (non-hydrogen) atoms. The maximum atomic E-state index is 12.6. The van der Waals surface area contributed by atoms with E-state index in [2.05, 4.69) is 14.7 Å². The monoisotopic (exact) mass is 451 g/mol. The number of sulfonamides is 1. The molecule has 0 unspecified atom stereocenters. The third-order valence-electron chi connectivity index (χ3n) is 4.40. The van der Waals surface area contributed by atoms with E-state index >= 15 is 0 Å². The number of halogens is 1. The van der Waals surface area contributed by atoms with Gasteiger partial charge in [-0.1, -0.05) is 11.6 Å². The van der Waals surface area contributed by atoms with Gasteiger partial charge >= 0.3 is 5.97 Å². The quantitative estimate of drug-likeness (QED) is 0.356. The van der Waals surface area contributed by atoms with Crippen molar-refractivity contribution < 1.29 is 18.3 Å². The first-order valence-corrected chi connectivity index (χ1v) is 11.1. The first-order chi connectivity index (χ1) is 13.7. The molecule has 0 aliphatic heterocycles. The molecule has 4 aromatic rings. The maximum absolute atomic E-state index is 12.6. The van der Waals surface area contributed by atoms with Crippen LogP contribution in [0.15, 0.2) is 45.5 Å². The molecule has 3 heterocycles. The van der Waals surface area contributed by atoms with E-state index in [4.69, 9.17) is 16.7 Å². The minimum absolute atomic E-state index is 0.0815. The molecule has 4 rings (SSSR count). The number of hydrogen-bond acceptors (Lipinski definition) is 5. The van der Waals surface area contributed by atoms with Crippen LogP contribution in [0.1, 0.15) is 12.0 Å². The fourth-order valence-electron chi connectivity index (χ4n) is 3.15. The van der Waals surface area contributed by atoms with Crippen LogP contribution < -0.4 is 10.3 Å². The maximum Gasteiger partial charge on any atom is 0.303 e. The van der Waals surface area contributed by atoms with Crippen molar-refractivity contribution in [1.29, 1.82) is 0 Å². The highest BCUT2D eigenvalue weighted by atomic mass is 35.5. The molecular formula is C18H14ClN3O5S2. The third-order valence-corrected chi connectivity index (χ3v) is 7.50. The second-order valence-electron chi connectivity index (χ2n) is 6.34. The van der Waals surface area contributed by atoms with Crippen LogP contribution in [-0.4, -0.2) is 29.5 Å². The van der Waals surface area contributed by atoms with Gasteiger partial charge in [-0.25, -0.2) is 8.42 Å². The molecule has 0 bridgehead atoms. The van der Waals surface area contributed by atoms with E-state index in [1.165, 1.54) is 12.1 Å². The largest absolute Gasteiger partial charge is 0.481 e. The number of benzene rings is 1. The Hall–Kier alpha value is -2.82. The molecule has 0 saturated carbocycles. The average Bonchev–Trinajstić information content (AvgIpc) is 3.27. The molecule has 11 heteroatoms. The lowest BCUT2D eigenvalue weighted by Gasteiger charge is -2.09. The average molecular weight is 452 g/mol. The minimum Gasteiger partial charge on any atom is -0.481 e. The van der Waals surface area contributed by atoms with E-state index in [1.807, 2.05) is 0 Å². The van der Waals surface area contributed by atoms with Crippen molar-refractivity contribution in [3.8, 4) is 0 Å². The Morgan fingerprint density at radius 3 is 2.72 bits per heavy atom. The zero-order chi connectivity index (χ0) is 20.8. The number of aromatic amines is 2. The van der Waals surface area contributed by atoms with Crippen LogP contribution in [0.3, 0.4) is 0 Å². The fraction of sp³-hybridized carbons (Fsp3) is 0.111. The molecule has 0 fully saturated rings. The zero-order valence-electron chi connectivity index (χ0n) is 14.7. The van der Waals surface area contributed by atoms with E-state index < -0.39 is 16.0 Å². The number of aliphatic carboxylic acids is 1. The molecule has 8 nitrogen and oxygen atoms in total. The first kappa shape index (κ1) is 19.5. The lowest BCUT2D eigenvalue weighted by molar-refractivity contribution is -0.136. The van der Waals surface area contributed by atoms with Crippen molar-refractivity contribution in [2.45, 2.75) is 17.1 Å². The number of carbonyl (C=O) groups is 1. The molecule has 0 aliphatic carbocycles. The SMILES string of the molecule is O=C(O)CCc1c[nH]c2c(=O)[nH]c3ccc(NS(=O)(=O)c4ccc(Cl)s4)cc3c12. The summed E-state index contributed by atoms with van der Waals surface area (Å²) in [6.45, 7) is 0. The summed E-state index contributed by atoms with van der Waals surface area (Å²) in [6.07, 6.45) is 1.75. The van der Waals surface area contributed by atoms with Gasteiger partial charge in [-0.05, 0) is 42.3 Å². The van der Waals surface area contributed by atoms with Crippen molar-refractivity contribution in [2.75, 3.05) is 4.72 Å². The summed E-state index contributed by atoms with van der Waals surface area (Å²) in [7, 11) is -3.81. The second kappa shape index (κ2) is 7.21. The number of H-pyrrole nitrogens is 2. The van der Waals surface area contributed by atoms with Gasteiger partial charge in [0.25, 0.3) is 15.6 Å². The summed E-state index contributed by atoms with van der Waals surface area (Å²) in [5.74, 6) is -0.948. The van der Waals surface area contributed by atoms with Gasteiger partial charge in [0.2, 0.25) is 0 Å². The molecule has 0 atom stereocenters. The molecule has 3 aromatic heterocycles. The van der Waals surface area contributed by atoms with Crippen LogP contribution in [0.5, 0.6) is 0 Å². The smallest absolute Gasteiger partial charge is 0.303 e. The van der Waals surface area contributed by atoms with Crippen molar-refractivity contribution in [3.63, 3.8) is 0 Å². The van der Waals surface area contributed by atoms with Gasteiger partial charge in [0.15, 0.2) is 0 Å². The Balaban J connectivity index is 1.83. The highest BCUT2D eigenvalue weighted by molar-refractivity contribution is 7.94. The van der Waals surface area contributed by atoms with Gasteiger partial charge in [0.05, 0.1) is 4.34 Å². The molecule has 4 N–H and O–H groups in total. The zero-order valence-corrected chi connectivity index (χ0v) is 17.0. The molecule has 0 spiro atoms. The van der Waals surface area contributed by atoms with Gasteiger partial charge in [-0.15, -0.1) is 11.3 Å². The Kier molecular flexibility index (Phi) is 4.85. The topological polar surface area (TPSA) is 132 Å². The minimum atomic E-state index is -3.81. The van der Waals surface area contributed by atoms with Crippen molar-refractivity contribution >= 4 is 66.4 Å². The van der Waals surface area contributed by atoms with E-state index in [9.17, 15) is 18.0 Å². The number of nitrogens with one attached hydrogen (secondary N) is 3. The summed E-state index contributed by atoms with van der Waals surface area (Å²) < 4.78 is 28.1. The number of aryl methyl sites for hydroxylation is 1. The number of fused-ring (bicyclic) bond motifs is 3. The van der Waals surface area contributed by atoms with Crippen LogP contribution in [0.2, 0.25) is 4.34 Å². The predicted molar refractivity (Wildman–Crippen MR) is 113 cm³/mol. The lowest BCUT2D eigenvalue weighted by atomic mass is 10.0. The van der Waals surface area contributed by atoms with Crippen LogP contribution in [-0.2, 0) is 21.2 Å². The van der Waals surface area contributed by atoms with E-state index in [0.717, 1.165) is 11.3 Å². The van der Waals surface area contributed by atoms with Crippen LogP contribution >= 0.6 is 22.9 Å². The van der Waals surface area contributed by atoms with Gasteiger partial charge in [-0.3, -0.25) is 14.3 Å². The van der Waals surface area contributed by atoms with Crippen LogP contribution in [0, 0.1) is 0 Å². The van der Waals surface area contributed by atoms with Gasteiger partial charge in [-0.2, -0.15) is 0 Å². The molecule has 0 saturated heterocycles. The van der Waals surface area contributed by atoms with Gasteiger partial charge in [0.1, 0.15) is 9.73 Å². The summed E-state index contributed by atoms with van der Waals surface area (Å²) in [5, 5.41) is 10.1. The molecule has 0 amide bonds. The molecule has 0 radical (unpaired) electrons. The van der Waals surface area contributed by atoms with Crippen molar-refractivity contribution in [2.24, 2.45) is 0 Å². The summed E-state index contributed by atoms with van der Waals surface area (Å²) in [6, 6.07) is 7.68. The second-order valence-corrected chi connectivity index (χ2v) is 9.96. The molecule has 150 valence electrons. The number of carboxylic acids is 1. The summed E-state index contributed by atoms with van der Waals surface area (Å²) in [5.41, 5.74) is 1.46. The summed E-state index contributed by atoms with van der Waals surface area (Å²) in [4.78, 5) is 28.9. The van der Waals surface area contributed by atoms with Crippen LogP contribution in [0.25, 0.3) is 21.8 Å². The standard InChI is InChI=1S/C18H14ClN3O5S2/c19-13-4-6-15(28-13)29(26,27)22-10-2-3-12-11(7-10)16-9(1-5-14(23)24)8-20-17(16)18(25)21-12/h2-4,6-8,20,22H,1,5H2,(H,21,25)(H,23,24). The highest BCUT2D eigenvalue weighted by Crippen LogP contribution is 2.30. The lowest BCUT2D eigenvalue weighted by Crippen LogP contribution is -2.12. The molecule has 0 aliphatic rings. The summed E-state index contributed by atoms with van der Waals surface area (Å²) >= 11 is 6.77. The fourth-order valence-corrected chi connectivity index (χ4v) is 5.68.